The van der Waals surface area contributed by atoms with E-state index in [0.717, 1.165) is 37.5 Å². The maximum atomic E-state index is 12.6. The van der Waals surface area contributed by atoms with E-state index in [-0.39, 0.29) is 5.91 Å². The van der Waals surface area contributed by atoms with Crippen LogP contribution in [0.4, 0.5) is 0 Å². The van der Waals surface area contributed by atoms with Gasteiger partial charge in [-0.2, -0.15) is 0 Å². The van der Waals surface area contributed by atoms with Crippen molar-refractivity contribution < 1.29 is 18.7 Å². The van der Waals surface area contributed by atoms with Crippen molar-refractivity contribution >= 4 is 5.91 Å². The Morgan fingerprint density at radius 1 is 1.10 bits per heavy atom. The second kappa shape index (κ2) is 9.91. The lowest BCUT2D eigenvalue weighted by Gasteiger charge is -2.35. The summed E-state index contributed by atoms with van der Waals surface area (Å²) >= 11 is 0. The smallest absolute Gasteiger partial charge is 0.275 e. The van der Waals surface area contributed by atoms with Gasteiger partial charge in [0.2, 0.25) is 5.89 Å². The zero-order valence-electron chi connectivity index (χ0n) is 17.7. The monoisotopic (exact) mass is 424 g/mol. The Hall–Kier alpha value is -2.94. The van der Waals surface area contributed by atoms with Crippen molar-refractivity contribution in [3.8, 4) is 0 Å². The average molecular weight is 425 g/mol. The molecule has 0 radical (unpaired) electrons. The first-order valence-corrected chi connectivity index (χ1v) is 10.5. The van der Waals surface area contributed by atoms with Crippen LogP contribution in [0.15, 0.2) is 63.8 Å². The highest BCUT2D eigenvalue weighted by Crippen LogP contribution is 2.16. The van der Waals surface area contributed by atoms with Gasteiger partial charge in [-0.25, -0.2) is 4.98 Å². The number of aliphatic hydroxyl groups is 1. The molecule has 1 aliphatic rings. The first kappa shape index (κ1) is 21.3. The first-order chi connectivity index (χ1) is 15.1. The summed E-state index contributed by atoms with van der Waals surface area (Å²) in [5, 5.41) is 10.4. The third kappa shape index (κ3) is 5.61. The van der Waals surface area contributed by atoms with E-state index < -0.39 is 6.10 Å². The van der Waals surface area contributed by atoms with E-state index in [1.165, 1.54) is 6.26 Å². The Bertz CT molecular complexity index is 949. The van der Waals surface area contributed by atoms with Crippen molar-refractivity contribution in [1.82, 2.24) is 19.7 Å². The molecule has 0 spiro atoms. The van der Waals surface area contributed by atoms with Gasteiger partial charge >= 0.3 is 0 Å². The lowest BCUT2D eigenvalue weighted by molar-refractivity contribution is 0.0671. The molecule has 0 saturated carbocycles. The van der Waals surface area contributed by atoms with Crippen molar-refractivity contribution in [1.29, 1.82) is 0 Å². The number of amides is 1. The maximum Gasteiger partial charge on any atom is 0.275 e. The van der Waals surface area contributed by atoms with Crippen molar-refractivity contribution in [3.63, 3.8) is 0 Å². The molecule has 3 aromatic rings. The number of benzene rings is 1. The fourth-order valence-electron chi connectivity index (χ4n) is 3.73. The topological polar surface area (TPSA) is 86.2 Å². The summed E-state index contributed by atoms with van der Waals surface area (Å²) in [6, 6.07) is 13.4. The molecule has 0 bridgehead atoms. The fourth-order valence-corrected chi connectivity index (χ4v) is 3.73. The minimum Gasteiger partial charge on any atom is -0.467 e. The highest BCUT2D eigenvalue weighted by molar-refractivity contribution is 5.91. The molecular formula is C23H28N4O4. The Morgan fingerprint density at radius 3 is 2.55 bits per heavy atom. The molecule has 4 rings (SSSR count). The third-order valence-corrected chi connectivity index (χ3v) is 5.53. The molecule has 3 heterocycles. The standard InChI is InChI=1S/C23H28N4O4/c1-25(14-19-8-5-13-30-19)23(29)20-17-31-22(24-20)16-27-11-9-26(10-12-27)15-21(28)18-6-3-2-4-7-18/h2-8,13,17,21,28H,9-12,14-16H2,1H3. The van der Waals surface area contributed by atoms with Crippen LogP contribution in [0.1, 0.15) is 33.8 Å². The number of rotatable bonds is 8. The second-order valence-electron chi connectivity index (χ2n) is 7.87. The van der Waals surface area contributed by atoms with Crippen LogP contribution < -0.4 is 0 Å². The number of carbonyl (C=O) groups is 1. The Labute approximate surface area is 181 Å². The van der Waals surface area contributed by atoms with E-state index in [1.807, 2.05) is 36.4 Å². The van der Waals surface area contributed by atoms with Crippen molar-refractivity contribution in [2.75, 3.05) is 39.8 Å². The molecule has 8 heteroatoms. The number of nitrogens with zero attached hydrogens (tertiary/aromatic N) is 4. The van der Waals surface area contributed by atoms with Crippen molar-refractivity contribution in [2.24, 2.45) is 0 Å². The molecule has 1 saturated heterocycles. The normalized spacial score (nSPS) is 16.3. The quantitative estimate of drug-likeness (QED) is 0.594. The van der Waals surface area contributed by atoms with Crippen molar-refractivity contribution in [3.05, 3.63) is 77.9 Å². The Kier molecular flexibility index (Phi) is 6.81. The minimum absolute atomic E-state index is 0.203. The van der Waals surface area contributed by atoms with E-state index in [4.69, 9.17) is 8.83 Å². The molecule has 8 nitrogen and oxygen atoms in total. The Morgan fingerprint density at radius 2 is 1.84 bits per heavy atom. The summed E-state index contributed by atoms with van der Waals surface area (Å²) in [5.74, 6) is 1.05. The second-order valence-corrected chi connectivity index (χ2v) is 7.87. The summed E-state index contributed by atoms with van der Waals surface area (Å²) < 4.78 is 10.8. The van der Waals surface area contributed by atoms with Gasteiger partial charge in [-0.1, -0.05) is 30.3 Å². The molecular weight excluding hydrogens is 396 g/mol. The van der Waals surface area contributed by atoms with Crippen LogP contribution in [0.2, 0.25) is 0 Å². The summed E-state index contributed by atoms with van der Waals surface area (Å²) in [7, 11) is 1.71. The van der Waals surface area contributed by atoms with E-state index in [2.05, 4.69) is 14.8 Å². The van der Waals surface area contributed by atoms with Crippen LogP contribution in [0.5, 0.6) is 0 Å². The van der Waals surface area contributed by atoms with Crippen LogP contribution >= 0.6 is 0 Å². The van der Waals surface area contributed by atoms with E-state index in [0.29, 0.717) is 31.2 Å². The van der Waals surface area contributed by atoms with E-state index in [9.17, 15) is 9.90 Å². The SMILES string of the molecule is CN(Cc1ccco1)C(=O)c1coc(CN2CCN(CC(O)c3ccccc3)CC2)n1. The minimum atomic E-state index is -0.480. The number of piperazine rings is 1. The molecule has 164 valence electrons. The van der Waals surface area contributed by atoms with Gasteiger partial charge in [-0.3, -0.25) is 14.6 Å². The summed E-state index contributed by atoms with van der Waals surface area (Å²) in [5.41, 5.74) is 1.24. The number of oxazole rings is 1. The largest absolute Gasteiger partial charge is 0.467 e. The van der Waals surface area contributed by atoms with Crippen LogP contribution in [-0.2, 0) is 13.1 Å². The highest BCUT2D eigenvalue weighted by Gasteiger charge is 2.22. The van der Waals surface area contributed by atoms with Gasteiger partial charge < -0.3 is 18.8 Å². The lowest BCUT2D eigenvalue weighted by atomic mass is 10.1. The van der Waals surface area contributed by atoms with Gasteiger partial charge in [0.15, 0.2) is 5.69 Å². The molecule has 1 amide bonds. The number of aromatic nitrogens is 1. The molecule has 1 N–H and O–H groups in total. The number of carbonyl (C=O) groups excluding carboxylic acids is 1. The van der Waals surface area contributed by atoms with Gasteiger partial charge in [0, 0.05) is 39.8 Å². The molecule has 1 unspecified atom stereocenters. The average Bonchev–Trinajstić information content (AvgIpc) is 3.47. The van der Waals surface area contributed by atoms with Gasteiger partial charge in [-0.05, 0) is 17.7 Å². The van der Waals surface area contributed by atoms with Crippen LogP contribution in [0.25, 0.3) is 0 Å². The van der Waals surface area contributed by atoms with Crippen LogP contribution in [0, 0.1) is 0 Å². The number of hydrogen-bond donors (Lipinski definition) is 1. The predicted molar refractivity (Wildman–Crippen MR) is 114 cm³/mol. The number of furan rings is 1. The third-order valence-electron chi connectivity index (χ3n) is 5.53. The molecule has 1 aliphatic heterocycles. The fraction of sp³-hybridized carbons (Fsp3) is 0.391. The number of aliphatic hydroxyl groups excluding tert-OH is 1. The zero-order valence-corrected chi connectivity index (χ0v) is 17.7. The number of hydrogen-bond acceptors (Lipinski definition) is 7. The molecule has 1 fully saturated rings. The Balaban J connectivity index is 1.24. The summed E-state index contributed by atoms with van der Waals surface area (Å²) in [4.78, 5) is 23.0. The first-order valence-electron chi connectivity index (χ1n) is 10.5. The van der Waals surface area contributed by atoms with Crippen molar-refractivity contribution in [2.45, 2.75) is 19.2 Å². The highest BCUT2D eigenvalue weighted by atomic mass is 16.3. The number of β-amino-alcohol motifs (C(OH)–C–C–N with tert-alkyl or cyclic N) is 1. The van der Waals surface area contributed by atoms with Crippen LogP contribution in [-0.4, -0.2) is 70.5 Å². The van der Waals surface area contributed by atoms with Gasteiger partial charge in [0.25, 0.3) is 5.91 Å². The van der Waals surface area contributed by atoms with Crippen LogP contribution in [0.3, 0.4) is 0 Å². The molecule has 1 atom stereocenters. The summed E-state index contributed by atoms with van der Waals surface area (Å²) in [6.45, 7) is 4.99. The van der Waals surface area contributed by atoms with E-state index in [1.54, 1.807) is 24.3 Å². The molecule has 0 aliphatic carbocycles. The predicted octanol–water partition coefficient (Wildman–Crippen LogP) is 2.39. The molecule has 1 aromatic carbocycles. The summed E-state index contributed by atoms with van der Waals surface area (Å²) in [6.07, 6.45) is 2.53. The zero-order chi connectivity index (χ0) is 21.6. The maximum absolute atomic E-state index is 12.6. The van der Waals surface area contributed by atoms with Gasteiger partial charge in [-0.15, -0.1) is 0 Å². The van der Waals surface area contributed by atoms with E-state index >= 15 is 0 Å². The van der Waals surface area contributed by atoms with Gasteiger partial charge in [0.05, 0.1) is 25.5 Å². The molecule has 31 heavy (non-hydrogen) atoms. The molecule has 2 aromatic heterocycles. The van der Waals surface area contributed by atoms with Gasteiger partial charge in [0.1, 0.15) is 12.0 Å². The lowest BCUT2D eigenvalue weighted by Crippen LogP contribution is -2.47.